The quantitative estimate of drug-likeness (QED) is 0.298. The third kappa shape index (κ3) is 4.66. The summed E-state index contributed by atoms with van der Waals surface area (Å²) in [5.74, 6) is -1.13. The molecule has 0 spiro atoms. The SMILES string of the molecule is CC(c1ccc(F)cc1)N(C)C(=O)CSc1nc2ccccc2c(=O)n1-c1ccccc1F. The number of para-hydroxylation sites is 2. The maximum atomic E-state index is 14.6. The van der Waals surface area contributed by atoms with Crippen LogP contribution in [0.2, 0.25) is 0 Å². The van der Waals surface area contributed by atoms with E-state index in [2.05, 4.69) is 4.98 Å². The highest BCUT2D eigenvalue weighted by Crippen LogP contribution is 2.25. The van der Waals surface area contributed by atoms with Gasteiger partial charge in [0.1, 0.15) is 11.6 Å². The summed E-state index contributed by atoms with van der Waals surface area (Å²) in [5.41, 5.74) is 0.930. The monoisotopic (exact) mass is 465 g/mol. The molecule has 0 N–H and O–H groups in total. The van der Waals surface area contributed by atoms with Gasteiger partial charge in [0.25, 0.3) is 5.56 Å². The molecule has 1 unspecified atom stereocenters. The molecule has 0 aliphatic heterocycles. The van der Waals surface area contributed by atoms with Crippen molar-refractivity contribution in [3.63, 3.8) is 0 Å². The lowest BCUT2D eigenvalue weighted by Gasteiger charge is -2.25. The van der Waals surface area contributed by atoms with Gasteiger partial charge < -0.3 is 4.90 Å². The van der Waals surface area contributed by atoms with E-state index in [1.165, 1.54) is 28.8 Å². The molecular formula is C25H21F2N3O2S. The van der Waals surface area contributed by atoms with Gasteiger partial charge in [-0.15, -0.1) is 0 Å². The number of carbonyl (C=O) groups is 1. The highest BCUT2D eigenvalue weighted by atomic mass is 32.2. The van der Waals surface area contributed by atoms with Crippen LogP contribution >= 0.6 is 11.8 Å². The van der Waals surface area contributed by atoms with E-state index < -0.39 is 11.4 Å². The Kier molecular flexibility index (Phi) is 6.55. The zero-order chi connectivity index (χ0) is 23.5. The minimum atomic E-state index is -0.563. The second-order valence-electron chi connectivity index (χ2n) is 7.52. The first-order valence-electron chi connectivity index (χ1n) is 10.3. The number of nitrogens with zero attached hydrogens (tertiary/aromatic N) is 3. The first-order valence-corrected chi connectivity index (χ1v) is 11.3. The fourth-order valence-corrected chi connectivity index (χ4v) is 4.39. The summed E-state index contributed by atoms with van der Waals surface area (Å²) in [4.78, 5) is 32.2. The average molecular weight is 466 g/mol. The summed E-state index contributed by atoms with van der Waals surface area (Å²) in [5, 5.41) is 0.582. The minimum Gasteiger partial charge on any atom is -0.338 e. The molecule has 8 heteroatoms. The molecule has 168 valence electrons. The topological polar surface area (TPSA) is 55.2 Å². The summed E-state index contributed by atoms with van der Waals surface area (Å²) in [6, 6.07) is 18.5. The minimum absolute atomic E-state index is 0.0126. The number of benzene rings is 3. The summed E-state index contributed by atoms with van der Waals surface area (Å²) < 4.78 is 29.0. The number of aromatic nitrogens is 2. The predicted molar refractivity (Wildman–Crippen MR) is 126 cm³/mol. The second-order valence-corrected chi connectivity index (χ2v) is 8.47. The van der Waals surface area contributed by atoms with Crippen LogP contribution in [-0.2, 0) is 4.79 Å². The standard InChI is InChI=1S/C25H21F2N3O2S/c1-16(17-11-13-18(26)14-12-17)29(2)23(31)15-33-25-28-21-9-5-3-7-19(21)24(32)30(25)22-10-6-4-8-20(22)27/h3-14,16H,15H2,1-2H3. The van der Waals surface area contributed by atoms with Gasteiger partial charge in [-0.2, -0.15) is 0 Å². The van der Waals surface area contributed by atoms with Crippen LogP contribution in [0.3, 0.4) is 0 Å². The van der Waals surface area contributed by atoms with Gasteiger partial charge in [-0.05, 0) is 48.9 Å². The highest BCUT2D eigenvalue weighted by Gasteiger charge is 2.21. The Morgan fingerprint density at radius 1 is 1.03 bits per heavy atom. The predicted octanol–water partition coefficient (Wildman–Crippen LogP) is 4.98. The molecule has 0 aliphatic rings. The average Bonchev–Trinajstić information content (AvgIpc) is 2.83. The van der Waals surface area contributed by atoms with E-state index in [1.54, 1.807) is 60.5 Å². The number of hydrogen-bond acceptors (Lipinski definition) is 4. The molecule has 0 saturated carbocycles. The molecule has 1 aromatic heterocycles. The molecule has 4 rings (SSSR count). The van der Waals surface area contributed by atoms with E-state index >= 15 is 0 Å². The van der Waals surface area contributed by atoms with Crippen molar-refractivity contribution in [2.45, 2.75) is 18.1 Å². The van der Waals surface area contributed by atoms with Crippen LogP contribution in [0.4, 0.5) is 8.78 Å². The van der Waals surface area contributed by atoms with Crippen LogP contribution in [0.1, 0.15) is 18.5 Å². The lowest BCUT2D eigenvalue weighted by Crippen LogP contribution is -2.31. The van der Waals surface area contributed by atoms with Gasteiger partial charge in [0, 0.05) is 7.05 Å². The maximum Gasteiger partial charge on any atom is 0.266 e. The van der Waals surface area contributed by atoms with Crippen molar-refractivity contribution >= 4 is 28.6 Å². The molecule has 1 atom stereocenters. The molecule has 0 saturated heterocycles. The number of halogens is 2. The molecule has 1 heterocycles. The largest absolute Gasteiger partial charge is 0.338 e. The number of amides is 1. The van der Waals surface area contributed by atoms with E-state index in [9.17, 15) is 18.4 Å². The number of rotatable bonds is 6. The van der Waals surface area contributed by atoms with Crippen molar-refractivity contribution in [1.82, 2.24) is 14.5 Å². The number of fused-ring (bicyclic) bond motifs is 1. The van der Waals surface area contributed by atoms with E-state index in [1.807, 2.05) is 6.92 Å². The van der Waals surface area contributed by atoms with Crippen molar-refractivity contribution in [2.24, 2.45) is 0 Å². The highest BCUT2D eigenvalue weighted by molar-refractivity contribution is 7.99. The Morgan fingerprint density at radius 2 is 1.70 bits per heavy atom. The first kappa shape index (κ1) is 22.7. The summed E-state index contributed by atoms with van der Waals surface area (Å²) in [6.07, 6.45) is 0. The molecular weight excluding hydrogens is 444 g/mol. The molecule has 0 radical (unpaired) electrons. The van der Waals surface area contributed by atoms with Gasteiger partial charge in [0.15, 0.2) is 5.16 Å². The van der Waals surface area contributed by atoms with Crippen molar-refractivity contribution in [2.75, 3.05) is 12.8 Å². The van der Waals surface area contributed by atoms with Crippen molar-refractivity contribution < 1.29 is 13.6 Å². The summed E-state index contributed by atoms with van der Waals surface area (Å²) in [6.45, 7) is 1.85. The third-order valence-electron chi connectivity index (χ3n) is 5.49. The molecule has 0 fully saturated rings. The second kappa shape index (κ2) is 9.54. The molecule has 1 amide bonds. The van der Waals surface area contributed by atoms with E-state index in [4.69, 9.17) is 0 Å². The first-order chi connectivity index (χ1) is 15.9. The molecule has 0 aliphatic carbocycles. The van der Waals surface area contributed by atoms with Gasteiger partial charge in [0.2, 0.25) is 5.91 Å². The molecule has 3 aromatic carbocycles. The van der Waals surface area contributed by atoms with Crippen LogP contribution in [0.25, 0.3) is 16.6 Å². The van der Waals surface area contributed by atoms with Crippen LogP contribution in [0.15, 0.2) is 82.7 Å². The Morgan fingerprint density at radius 3 is 2.42 bits per heavy atom. The van der Waals surface area contributed by atoms with Crippen molar-refractivity contribution in [3.05, 3.63) is 100 Å². The lowest BCUT2D eigenvalue weighted by atomic mass is 10.1. The lowest BCUT2D eigenvalue weighted by molar-refractivity contribution is -0.128. The van der Waals surface area contributed by atoms with E-state index in [-0.39, 0.29) is 34.4 Å². The Labute approximate surface area is 193 Å². The van der Waals surface area contributed by atoms with Crippen LogP contribution < -0.4 is 5.56 Å². The molecule has 0 bridgehead atoms. The number of hydrogen-bond donors (Lipinski definition) is 0. The van der Waals surface area contributed by atoms with E-state index in [0.717, 1.165) is 17.3 Å². The molecule has 33 heavy (non-hydrogen) atoms. The third-order valence-corrected chi connectivity index (χ3v) is 6.41. The zero-order valence-electron chi connectivity index (χ0n) is 18.0. The summed E-state index contributed by atoms with van der Waals surface area (Å²) >= 11 is 1.07. The van der Waals surface area contributed by atoms with Crippen LogP contribution in [-0.4, -0.2) is 33.2 Å². The normalized spacial score (nSPS) is 12.0. The van der Waals surface area contributed by atoms with Crippen molar-refractivity contribution in [3.8, 4) is 5.69 Å². The van der Waals surface area contributed by atoms with Crippen LogP contribution in [0.5, 0.6) is 0 Å². The van der Waals surface area contributed by atoms with Crippen LogP contribution in [0, 0.1) is 11.6 Å². The fraction of sp³-hybridized carbons (Fsp3) is 0.160. The van der Waals surface area contributed by atoms with Gasteiger partial charge in [0.05, 0.1) is 28.4 Å². The Balaban J connectivity index is 1.65. The maximum absolute atomic E-state index is 14.6. The summed E-state index contributed by atoms with van der Waals surface area (Å²) in [7, 11) is 1.66. The molecule has 5 nitrogen and oxygen atoms in total. The molecule has 4 aromatic rings. The number of carbonyl (C=O) groups excluding carboxylic acids is 1. The fourth-order valence-electron chi connectivity index (χ4n) is 3.46. The zero-order valence-corrected chi connectivity index (χ0v) is 18.9. The van der Waals surface area contributed by atoms with Crippen molar-refractivity contribution in [1.29, 1.82) is 0 Å². The Bertz CT molecular complexity index is 1370. The van der Waals surface area contributed by atoms with Gasteiger partial charge in [-0.25, -0.2) is 13.8 Å². The van der Waals surface area contributed by atoms with Gasteiger partial charge in [-0.1, -0.05) is 48.2 Å². The number of thioether (sulfide) groups is 1. The van der Waals surface area contributed by atoms with E-state index in [0.29, 0.717) is 10.9 Å². The van der Waals surface area contributed by atoms with Gasteiger partial charge >= 0.3 is 0 Å². The Hall–Kier alpha value is -3.52. The van der Waals surface area contributed by atoms with Gasteiger partial charge in [-0.3, -0.25) is 14.2 Å². The smallest absolute Gasteiger partial charge is 0.266 e.